The zero-order chi connectivity index (χ0) is 12.4. The molecule has 6 heteroatoms. The minimum atomic E-state index is -4.05. The molecule has 0 saturated heterocycles. The van der Waals surface area contributed by atoms with Crippen molar-refractivity contribution in [2.75, 3.05) is 5.75 Å². The van der Waals surface area contributed by atoms with Crippen molar-refractivity contribution in [3.63, 3.8) is 0 Å². The van der Waals surface area contributed by atoms with Crippen molar-refractivity contribution >= 4 is 31.8 Å². The molecular formula is C10H15BrO4S. The number of hydrogen-bond donors (Lipinski definition) is 1. The van der Waals surface area contributed by atoms with E-state index in [0.29, 0.717) is 6.42 Å². The van der Waals surface area contributed by atoms with E-state index in [2.05, 4.69) is 15.9 Å². The fourth-order valence-electron chi connectivity index (χ4n) is 3.46. The Hall–Kier alpha value is 0.0600. The van der Waals surface area contributed by atoms with Crippen LogP contribution in [0.25, 0.3) is 0 Å². The van der Waals surface area contributed by atoms with E-state index in [-0.39, 0.29) is 22.3 Å². The number of hydrogen-bond acceptors (Lipinski definition) is 3. The first-order chi connectivity index (χ1) is 7.12. The van der Waals surface area contributed by atoms with Gasteiger partial charge in [0.15, 0.2) is 5.78 Å². The van der Waals surface area contributed by atoms with Crippen molar-refractivity contribution in [3.05, 3.63) is 0 Å². The summed E-state index contributed by atoms with van der Waals surface area (Å²) in [6, 6.07) is 0. The second-order valence-electron chi connectivity index (χ2n) is 5.39. The van der Waals surface area contributed by atoms with Gasteiger partial charge in [-0.1, -0.05) is 29.8 Å². The monoisotopic (exact) mass is 310 g/mol. The van der Waals surface area contributed by atoms with Gasteiger partial charge in [0.05, 0.1) is 10.6 Å². The number of Topliss-reactive ketones (excluding diaryl/α,β-unsaturated/α-hetero) is 1. The van der Waals surface area contributed by atoms with Gasteiger partial charge < -0.3 is 0 Å². The van der Waals surface area contributed by atoms with Crippen LogP contribution in [0.2, 0.25) is 0 Å². The van der Waals surface area contributed by atoms with Crippen molar-refractivity contribution in [1.29, 1.82) is 0 Å². The average molecular weight is 311 g/mol. The Kier molecular flexibility index (Phi) is 2.58. The van der Waals surface area contributed by atoms with Crippen molar-refractivity contribution in [1.82, 2.24) is 0 Å². The molecule has 2 saturated carbocycles. The van der Waals surface area contributed by atoms with E-state index < -0.39 is 20.9 Å². The Labute approximate surface area is 104 Å². The van der Waals surface area contributed by atoms with Crippen LogP contribution in [-0.4, -0.2) is 29.3 Å². The van der Waals surface area contributed by atoms with Gasteiger partial charge in [-0.05, 0) is 18.8 Å². The van der Waals surface area contributed by atoms with E-state index in [1.165, 1.54) is 0 Å². The molecule has 0 aromatic rings. The van der Waals surface area contributed by atoms with Crippen LogP contribution < -0.4 is 0 Å². The van der Waals surface area contributed by atoms with Crippen LogP contribution in [-0.2, 0) is 14.9 Å². The van der Waals surface area contributed by atoms with Crippen molar-refractivity contribution in [2.45, 2.75) is 31.5 Å². The Morgan fingerprint density at radius 1 is 1.50 bits per heavy atom. The summed E-state index contributed by atoms with van der Waals surface area (Å²) < 4.78 is 31.2. The van der Waals surface area contributed by atoms with Gasteiger partial charge in [0.1, 0.15) is 0 Å². The maximum atomic E-state index is 12.1. The van der Waals surface area contributed by atoms with E-state index >= 15 is 0 Å². The molecule has 0 amide bonds. The number of halogens is 1. The maximum absolute atomic E-state index is 12.1. The van der Waals surface area contributed by atoms with E-state index in [1.54, 1.807) is 6.92 Å². The van der Waals surface area contributed by atoms with Gasteiger partial charge in [-0.3, -0.25) is 9.35 Å². The van der Waals surface area contributed by atoms with Crippen molar-refractivity contribution in [2.24, 2.45) is 16.7 Å². The third-order valence-electron chi connectivity index (χ3n) is 4.66. The van der Waals surface area contributed by atoms with Crippen LogP contribution in [0.3, 0.4) is 0 Å². The zero-order valence-corrected chi connectivity index (χ0v) is 11.6. The fraction of sp³-hybridized carbons (Fsp3) is 0.900. The van der Waals surface area contributed by atoms with Crippen LogP contribution in [0, 0.1) is 16.7 Å². The first-order valence-corrected chi connectivity index (χ1v) is 7.78. The average Bonchev–Trinajstić information content (AvgIpc) is 2.40. The Morgan fingerprint density at radius 3 is 2.44 bits per heavy atom. The predicted octanol–water partition coefficient (Wildman–Crippen LogP) is 1.64. The Morgan fingerprint density at radius 2 is 2.06 bits per heavy atom. The number of rotatable bonds is 2. The highest BCUT2D eigenvalue weighted by Gasteiger charge is 2.68. The first kappa shape index (κ1) is 12.5. The molecule has 0 aromatic carbocycles. The molecule has 0 heterocycles. The summed E-state index contributed by atoms with van der Waals surface area (Å²) >= 11 is 3.35. The number of carbonyl (C=O) groups is 1. The van der Waals surface area contributed by atoms with E-state index in [0.717, 1.165) is 6.42 Å². The van der Waals surface area contributed by atoms with Crippen LogP contribution in [0.5, 0.6) is 0 Å². The highest BCUT2D eigenvalue weighted by atomic mass is 79.9. The normalized spacial score (nSPS) is 47.6. The maximum Gasteiger partial charge on any atom is 0.265 e. The van der Waals surface area contributed by atoms with Gasteiger partial charge in [-0.25, -0.2) is 0 Å². The van der Waals surface area contributed by atoms with E-state index in [4.69, 9.17) is 4.55 Å². The highest BCUT2D eigenvalue weighted by molar-refractivity contribution is 9.10. The lowest BCUT2D eigenvalue weighted by Gasteiger charge is -2.35. The molecule has 2 unspecified atom stereocenters. The minimum absolute atomic E-state index is 0.00641. The summed E-state index contributed by atoms with van der Waals surface area (Å²) in [6.07, 6.45) is 1.55. The Balaban J connectivity index is 2.47. The first-order valence-electron chi connectivity index (χ1n) is 5.25. The molecule has 2 bridgehead atoms. The van der Waals surface area contributed by atoms with E-state index in [9.17, 15) is 13.2 Å². The number of fused-ring (bicyclic) bond motifs is 2. The number of ketones is 1. The molecule has 0 spiro atoms. The molecule has 2 aliphatic rings. The third-order valence-corrected chi connectivity index (χ3v) is 6.68. The molecule has 16 heavy (non-hydrogen) atoms. The number of alkyl halides is 1. The molecule has 4 nitrogen and oxygen atoms in total. The Bertz CT molecular complexity index is 446. The van der Waals surface area contributed by atoms with Crippen molar-refractivity contribution in [3.8, 4) is 0 Å². The van der Waals surface area contributed by atoms with Gasteiger partial charge in [0, 0.05) is 10.8 Å². The second-order valence-corrected chi connectivity index (χ2v) is 7.83. The largest absolute Gasteiger partial charge is 0.298 e. The van der Waals surface area contributed by atoms with Gasteiger partial charge >= 0.3 is 0 Å². The summed E-state index contributed by atoms with van der Waals surface area (Å²) in [6.45, 7) is 3.62. The summed E-state index contributed by atoms with van der Waals surface area (Å²) in [5.74, 6) is -0.239. The summed E-state index contributed by atoms with van der Waals surface area (Å²) in [4.78, 5) is 11.8. The lowest BCUT2D eigenvalue weighted by Crippen LogP contribution is -2.40. The molecule has 4 atom stereocenters. The minimum Gasteiger partial charge on any atom is -0.298 e. The quantitative estimate of drug-likeness (QED) is 0.622. The fourth-order valence-corrected chi connectivity index (χ4v) is 6.11. The van der Waals surface area contributed by atoms with Gasteiger partial charge in [-0.15, -0.1) is 0 Å². The van der Waals surface area contributed by atoms with Gasteiger partial charge in [0.2, 0.25) is 0 Å². The SMILES string of the molecule is CC1(CS(=O)(=O)O)C2CC[C@@]1(C)C(=O)[C@H]2Br. The smallest absolute Gasteiger partial charge is 0.265 e. The van der Waals surface area contributed by atoms with Crippen LogP contribution >= 0.6 is 15.9 Å². The molecule has 1 N–H and O–H groups in total. The topological polar surface area (TPSA) is 71.4 Å². The zero-order valence-electron chi connectivity index (χ0n) is 9.23. The standard InChI is InChI=1S/C10H15BrO4S/c1-9-4-3-6(7(11)8(9)12)10(9,2)5-16(13,14)15/h6-7H,3-5H2,1-2H3,(H,13,14,15)/t6?,7-,9-,10?/m0/s1. The molecule has 92 valence electrons. The molecule has 2 fully saturated rings. The van der Waals surface area contributed by atoms with E-state index in [1.807, 2.05) is 6.92 Å². The van der Waals surface area contributed by atoms with Crippen molar-refractivity contribution < 1.29 is 17.8 Å². The molecule has 0 aromatic heterocycles. The molecular weight excluding hydrogens is 296 g/mol. The van der Waals surface area contributed by atoms with Gasteiger partial charge in [0.25, 0.3) is 10.1 Å². The predicted molar refractivity (Wildman–Crippen MR) is 63.1 cm³/mol. The van der Waals surface area contributed by atoms with Crippen LogP contribution in [0.15, 0.2) is 0 Å². The molecule has 2 aliphatic carbocycles. The van der Waals surface area contributed by atoms with Gasteiger partial charge in [-0.2, -0.15) is 8.42 Å². The lowest BCUT2D eigenvalue weighted by atomic mass is 9.70. The summed E-state index contributed by atoms with van der Waals surface area (Å²) in [5, 5.41) is 0. The van der Waals surface area contributed by atoms with Crippen LogP contribution in [0.1, 0.15) is 26.7 Å². The van der Waals surface area contributed by atoms with Crippen LogP contribution in [0.4, 0.5) is 0 Å². The molecule has 0 radical (unpaired) electrons. The lowest BCUT2D eigenvalue weighted by molar-refractivity contribution is -0.127. The third kappa shape index (κ3) is 1.42. The second kappa shape index (κ2) is 3.29. The molecule has 2 rings (SSSR count). The summed E-state index contributed by atoms with van der Waals surface area (Å²) in [7, 11) is -4.05. The summed E-state index contributed by atoms with van der Waals surface area (Å²) in [5.41, 5.74) is -1.27. The highest BCUT2D eigenvalue weighted by Crippen LogP contribution is 2.65. The molecule has 0 aliphatic heterocycles. The number of carbonyl (C=O) groups excluding carboxylic acids is 1.